The van der Waals surface area contributed by atoms with Crippen LogP contribution in [0.3, 0.4) is 0 Å². The van der Waals surface area contributed by atoms with Gasteiger partial charge < -0.3 is 70.0 Å². The Balaban J connectivity index is 4.80. The molecule has 0 saturated carbocycles. The first-order chi connectivity index (χ1) is 22.2. The Labute approximate surface area is 281 Å². The van der Waals surface area contributed by atoms with Gasteiger partial charge in [-0.3, -0.25) is 15.6 Å². The summed E-state index contributed by atoms with van der Waals surface area (Å²) < 4.78 is 0. The van der Waals surface area contributed by atoms with Gasteiger partial charge >= 0.3 is 24.1 Å². The number of carbonyl (C=O) groups is 5. The highest BCUT2D eigenvalue weighted by molar-refractivity contribution is 7.80. The number of guanidine groups is 2. The van der Waals surface area contributed by atoms with Gasteiger partial charge in [0.1, 0.15) is 0 Å². The lowest BCUT2D eigenvalue weighted by Gasteiger charge is -2.23. The lowest BCUT2D eigenvalue weighted by atomic mass is 10.1. The molecule has 0 fully saturated rings. The standard InChI is InChI=1S/C26H55N15O5S/c1-16(38-20(42)8-11-47)12-34-25(45)41-19(7-5-10-33-22(29)30)15-37-24(44)39-17(2)13-35-26(46)40-18(14-36-23(43)31-3)6-4-9-32-21(27)28/h16-19,47H,4-15H2,1-3H3,(H,38,42)(H4,27,28,32)(H4,29,30,33)(H2,31,36,43)(H2,34,41,45)(H2,35,40,46)(H2,37,39,44)/t16?,17?,18-,19-/m0/s1. The molecule has 0 rings (SSSR count). The van der Waals surface area contributed by atoms with Gasteiger partial charge in [0.05, 0.1) is 0 Å². The molecule has 0 aromatic heterocycles. The van der Waals surface area contributed by atoms with Crippen LogP contribution in [0.2, 0.25) is 0 Å². The van der Waals surface area contributed by atoms with Gasteiger partial charge in [-0.1, -0.05) is 0 Å². The van der Waals surface area contributed by atoms with Crippen LogP contribution < -0.4 is 70.0 Å². The molecule has 0 aromatic carbocycles. The van der Waals surface area contributed by atoms with Crippen molar-refractivity contribution in [1.29, 1.82) is 10.8 Å². The third-order valence-corrected chi connectivity index (χ3v) is 6.49. The maximum absolute atomic E-state index is 12.6. The molecule has 0 bridgehead atoms. The lowest BCUT2D eigenvalue weighted by molar-refractivity contribution is -0.121. The van der Waals surface area contributed by atoms with E-state index in [1.165, 1.54) is 7.05 Å². The highest BCUT2D eigenvalue weighted by atomic mass is 32.1. The van der Waals surface area contributed by atoms with E-state index >= 15 is 0 Å². The van der Waals surface area contributed by atoms with Gasteiger partial charge in [0.25, 0.3) is 0 Å². The fourth-order valence-corrected chi connectivity index (χ4v) is 4.11. The Morgan fingerprint density at radius 1 is 0.617 bits per heavy atom. The zero-order valence-electron chi connectivity index (χ0n) is 27.4. The molecule has 0 spiro atoms. The summed E-state index contributed by atoms with van der Waals surface area (Å²) in [6.07, 6.45) is 2.35. The molecule has 20 nitrogen and oxygen atoms in total. The minimum Gasteiger partial charge on any atom is -0.370 e. The summed E-state index contributed by atoms with van der Waals surface area (Å²) in [5.74, 6) is -0.0802. The van der Waals surface area contributed by atoms with Gasteiger partial charge in [-0.05, 0) is 45.3 Å². The van der Waals surface area contributed by atoms with E-state index in [1.807, 2.05) is 0 Å². The maximum atomic E-state index is 12.6. The van der Waals surface area contributed by atoms with Crippen LogP contribution >= 0.6 is 12.6 Å². The van der Waals surface area contributed by atoms with Gasteiger partial charge in [0, 0.05) is 76.9 Å². The topological polar surface area (TPSA) is 317 Å². The van der Waals surface area contributed by atoms with Crippen molar-refractivity contribution in [1.82, 2.24) is 58.5 Å². The van der Waals surface area contributed by atoms with E-state index in [-0.39, 0.29) is 56.5 Å². The summed E-state index contributed by atoms with van der Waals surface area (Å²) >= 11 is 4.02. The number of carbonyl (C=O) groups excluding carboxylic acids is 5. The molecule has 4 atom stereocenters. The quantitative estimate of drug-likeness (QED) is 0.0243. The number of amides is 9. The highest BCUT2D eigenvalue weighted by Gasteiger charge is 2.17. The fraction of sp³-hybridized carbons (Fsp3) is 0.731. The average Bonchev–Trinajstić information content (AvgIpc) is 3.00. The van der Waals surface area contributed by atoms with Gasteiger partial charge in [0.2, 0.25) is 5.91 Å². The summed E-state index contributed by atoms with van der Waals surface area (Å²) in [5, 5.41) is 44.1. The monoisotopic (exact) mass is 689 g/mol. The van der Waals surface area contributed by atoms with Crippen LogP contribution in [0, 0.1) is 10.8 Å². The molecule has 47 heavy (non-hydrogen) atoms. The van der Waals surface area contributed by atoms with E-state index in [4.69, 9.17) is 22.3 Å². The Bertz CT molecular complexity index is 1010. The number of urea groups is 4. The first kappa shape index (κ1) is 42.4. The predicted octanol–water partition coefficient (Wildman–Crippen LogP) is -2.71. The Morgan fingerprint density at radius 3 is 1.45 bits per heavy atom. The number of nitrogens with two attached hydrogens (primary N) is 2. The van der Waals surface area contributed by atoms with Crippen molar-refractivity contribution in [3.8, 4) is 0 Å². The van der Waals surface area contributed by atoms with Crippen molar-refractivity contribution in [2.75, 3.05) is 52.1 Å². The summed E-state index contributed by atoms with van der Waals surface area (Å²) in [4.78, 5) is 60.9. The van der Waals surface area contributed by atoms with E-state index < -0.39 is 42.2 Å². The highest BCUT2D eigenvalue weighted by Crippen LogP contribution is 1.98. The van der Waals surface area contributed by atoms with Gasteiger partial charge in [-0.15, -0.1) is 0 Å². The minimum atomic E-state index is -0.514. The molecule has 2 unspecified atom stereocenters. The molecular formula is C26H55N15O5S. The van der Waals surface area contributed by atoms with E-state index in [0.717, 1.165) is 0 Å². The molecular weight excluding hydrogens is 634 g/mol. The Morgan fingerprint density at radius 2 is 1.02 bits per heavy atom. The SMILES string of the molecule is CNC(=O)NC[C@H](CCCNC(=N)N)NC(=O)NCC(C)NC(=O)NC[C@H](CCCNC(=N)N)NC(=O)NCC(C)NC(=O)CCS. The molecule has 0 heterocycles. The minimum absolute atomic E-state index is 0.0900. The van der Waals surface area contributed by atoms with Crippen LogP contribution in [0.4, 0.5) is 19.2 Å². The average molecular weight is 690 g/mol. The van der Waals surface area contributed by atoms with Crippen molar-refractivity contribution < 1.29 is 24.0 Å². The van der Waals surface area contributed by atoms with E-state index in [0.29, 0.717) is 44.5 Å². The van der Waals surface area contributed by atoms with Crippen molar-refractivity contribution in [3.63, 3.8) is 0 Å². The number of hydrogen-bond acceptors (Lipinski definition) is 8. The molecule has 0 aromatic rings. The molecule has 0 aliphatic heterocycles. The zero-order valence-corrected chi connectivity index (χ0v) is 28.3. The lowest BCUT2D eigenvalue weighted by Crippen LogP contribution is -2.53. The third kappa shape index (κ3) is 25.3. The molecule has 0 aliphatic carbocycles. The number of nitrogens with one attached hydrogen (secondary N) is 13. The van der Waals surface area contributed by atoms with E-state index in [1.54, 1.807) is 13.8 Å². The summed E-state index contributed by atoms with van der Waals surface area (Å²) in [6, 6.07) is -3.51. The Kier molecular flexibility index (Phi) is 23.1. The second kappa shape index (κ2) is 25.6. The summed E-state index contributed by atoms with van der Waals surface area (Å²) in [7, 11) is 1.48. The predicted molar refractivity (Wildman–Crippen MR) is 183 cm³/mol. The van der Waals surface area contributed by atoms with Gasteiger partial charge in [0.15, 0.2) is 11.9 Å². The largest absolute Gasteiger partial charge is 0.370 e. The molecule has 270 valence electrons. The maximum Gasteiger partial charge on any atom is 0.315 e. The second-order valence-corrected chi connectivity index (χ2v) is 11.2. The van der Waals surface area contributed by atoms with Crippen LogP contribution in [0.15, 0.2) is 0 Å². The molecule has 21 heteroatoms. The van der Waals surface area contributed by atoms with Crippen molar-refractivity contribution in [2.45, 2.75) is 70.1 Å². The number of hydrogen-bond donors (Lipinski definition) is 16. The second-order valence-electron chi connectivity index (χ2n) is 10.7. The van der Waals surface area contributed by atoms with Crippen molar-refractivity contribution in [3.05, 3.63) is 0 Å². The smallest absolute Gasteiger partial charge is 0.315 e. The van der Waals surface area contributed by atoms with E-state index in [9.17, 15) is 24.0 Å². The Hall–Kier alpha value is -4.56. The third-order valence-electron chi connectivity index (χ3n) is 6.27. The number of thiol groups is 1. The van der Waals surface area contributed by atoms with Crippen LogP contribution in [0.25, 0.3) is 0 Å². The van der Waals surface area contributed by atoms with Crippen LogP contribution in [0.5, 0.6) is 0 Å². The molecule has 9 amide bonds. The van der Waals surface area contributed by atoms with Crippen LogP contribution in [-0.2, 0) is 4.79 Å². The molecule has 17 N–H and O–H groups in total. The van der Waals surface area contributed by atoms with E-state index in [2.05, 4.69) is 71.1 Å². The zero-order chi connectivity index (χ0) is 35.6. The van der Waals surface area contributed by atoms with Crippen LogP contribution in [-0.4, -0.2) is 118 Å². The normalized spacial score (nSPS) is 12.9. The fourth-order valence-electron chi connectivity index (χ4n) is 3.90. The van der Waals surface area contributed by atoms with Crippen LogP contribution in [0.1, 0.15) is 46.0 Å². The summed E-state index contributed by atoms with van der Waals surface area (Å²) in [5.41, 5.74) is 10.6. The first-order valence-electron chi connectivity index (χ1n) is 15.4. The van der Waals surface area contributed by atoms with Crippen molar-refractivity contribution in [2.24, 2.45) is 11.5 Å². The van der Waals surface area contributed by atoms with Crippen molar-refractivity contribution >= 4 is 54.6 Å². The van der Waals surface area contributed by atoms with Gasteiger partial charge in [-0.25, -0.2) is 19.2 Å². The van der Waals surface area contributed by atoms with Gasteiger partial charge in [-0.2, -0.15) is 12.6 Å². The molecule has 0 aliphatic rings. The first-order valence-corrected chi connectivity index (χ1v) is 16.0. The molecule has 0 saturated heterocycles. The molecule has 0 radical (unpaired) electrons. The number of rotatable bonds is 22. The summed E-state index contributed by atoms with van der Waals surface area (Å²) in [6.45, 7) is 4.84.